The highest BCUT2D eigenvalue weighted by Crippen LogP contribution is 2.29. The predicted octanol–water partition coefficient (Wildman–Crippen LogP) is 4.01. The van der Waals surface area contributed by atoms with E-state index in [-0.39, 0.29) is 0 Å². The van der Waals surface area contributed by atoms with Crippen LogP contribution in [0, 0.1) is 12.8 Å². The van der Waals surface area contributed by atoms with Crippen molar-refractivity contribution >= 4 is 28.6 Å². The average Bonchev–Trinajstić information content (AvgIpc) is 2.88. The van der Waals surface area contributed by atoms with Crippen molar-refractivity contribution in [3.05, 3.63) is 22.5 Å². The standard InChI is InChI=1S/C16H22ClN3O2/c1-5-10(3)7-8-20-15-12(9-18-20)14(17)13(11(4)19-15)16(21)22-6-2/h9-10H,5-8H2,1-4H3. The van der Waals surface area contributed by atoms with E-state index in [1.54, 1.807) is 20.0 Å². The Balaban J connectivity index is 2.40. The van der Waals surface area contributed by atoms with E-state index in [2.05, 4.69) is 23.9 Å². The van der Waals surface area contributed by atoms with Crippen LogP contribution in [0.5, 0.6) is 0 Å². The van der Waals surface area contributed by atoms with Gasteiger partial charge < -0.3 is 4.74 Å². The van der Waals surface area contributed by atoms with Gasteiger partial charge in [0.25, 0.3) is 0 Å². The average molecular weight is 324 g/mol. The summed E-state index contributed by atoms with van der Waals surface area (Å²) in [5.41, 5.74) is 1.62. The fourth-order valence-corrected chi connectivity index (χ4v) is 2.66. The molecule has 2 rings (SSSR count). The number of ether oxygens (including phenoxy) is 1. The third-order valence-electron chi connectivity index (χ3n) is 3.91. The minimum absolute atomic E-state index is 0.306. The number of aryl methyl sites for hydroxylation is 2. The van der Waals surface area contributed by atoms with E-state index in [9.17, 15) is 4.79 Å². The van der Waals surface area contributed by atoms with Gasteiger partial charge in [-0.05, 0) is 26.2 Å². The first-order valence-corrected chi connectivity index (χ1v) is 8.06. The lowest BCUT2D eigenvalue weighted by molar-refractivity contribution is 0.0525. The summed E-state index contributed by atoms with van der Waals surface area (Å²) in [5.74, 6) is 0.196. The molecule has 0 radical (unpaired) electrons. The molecule has 0 aliphatic rings. The van der Waals surface area contributed by atoms with Crippen LogP contribution in [0.25, 0.3) is 11.0 Å². The molecule has 0 aliphatic heterocycles. The lowest BCUT2D eigenvalue weighted by Crippen LogP contribution is -2.10. The van der Waals surface area contributed by atoms with Gasteiger partial charge in [-0.2, -0.15) is 5.10 Å². The van der Waals surface area contributed by atoms with Crippen molar-refractivity contribution in [1.82, 2.24) is 14.8 Å². The first kappa shape index (κ1) is 16.7. The van der Waals surface area contributed by atoms with Gasteiger partial charge in [-0.3, -0.25) is 0 Å². The van der Waals surface area contributed by atoms with Crippen LogP contribution < -0.4 is 0 Å². The first-order chi connectivity index (χ1) is 10.5. The minimum atomic E-state index is -0.438. The fraction of sp³-hybridized carbons (Fsp3) is 0.562. The summed E-state index contributed by atoms with van der Waals surface area (Å²) in [6.07, 6.45) is 3.84. The Labute approximate surface area is 135 Å². The molecule has 0 aliphatic carbocycles. The van der Waals surface area contributed by atoms with E-state index in [0.717, 1.165) is 25.0 Å². The molecule has 0 aromatic carbocycles. The number of pyridine rings is 1. The number of carbonyl (C=O) groups excluding carboxylic acids is 1. The van der Waals surface area contributed by atoms with Crippen molar-refractivity contribution in [2.24, 2.45) is 5.92 Å². The van der Waals surface area contributed by atoms with Crippen LogP contribution in [-0.2, 0) is 11.3 Å². The minimum Gasteiger partial charge on any atom is -0.462 e. The molecule has 2 heterocycles. The molecule has 22 heavy (non-hydrogen) atoms. The maximum absolute atomic E-state index is 12.0. The normalized spacial score (nSPS) is 12.6. The number of nitrogens with zero attached hydrogens (tertiary/aromatic N) is 3. The Kier molecular flexibility index (Phi) is 5.40. The van der Waals surface area contributed by atoms with Gasteiger partial charge in [0.05, 0.1) is 28.9 Å². The zero-order chi connectivity index (χ0) is 16.3. The van der Waals surface area contributed by atoms with Crippen molar-refractivity contribution in [2.45, 2.75) is 47.1 Å². The van der Waals surface area contributed by atoms with Crippen LogP contribution in [0.3, 0.4) is 0 Å². The molecule has 0 fully saturated rings. The number of hydrogen-bond acceptors (Lipinski definition) is 4. The van der Waals surface area contributed by atoms with Gasteiger partial charge in [0.2, 0.25) is 0 Å². The molecule has 1 unspecified atom stereocenters. The second kappa shape index (κ2) is 7.09. The van der Waals surface area contributed by atoms with E-state index in [4.69, 9.17) is 16.3 Å². The number of esters is 1. The molecule has 120 valence electrons. The van der Waals surface area contributed by atoms with Crippen molar-refractivity contribution in [2.75, 3.05) is 6.61 Å². The van der Waals surface area contributed by atoms with Gasteiger partial charge in [0, 0.05) is 6.54 Å². The smallest absolute Gasteiger partial charge is 0.341 e. The molecule has 1 atom stereocenters. The highest BCUT2D eigenvalue weighted by molar-refractivity contribution is 6.38. The topological polar surface area (TPSA) is 57.0 Å². The zero-order valence-corrected chi connectivity index (χ0v) is 14.3. The van der Waals surface area contributed by atoms with Gasteiger partial charge in [0.15, 0.2) is 5.65 Å². The van der Waals surface area contributed by atoms with Crippen molar-refractivity contribution in [3.8, 4) is 0 Å². The number of rotatable bonds is 6. The van der Waals surface area contributed by atoms with Crippen LogP contribution in [0.15, 0.2) is 6.20 Å². The van der Waals surface area contributed by atoms with E-state index in [0.29, 0.717) is 34.2 Å². The molecule has 0 amide bonds. The quantitative estimate of drug-likeness (QED) is 0.754. The highest BCUT2D eigenvalue weighted by Gasteiger charge is 2.21. The fourth-order valence-electron chi connectivity index (χ4n) is 2.31. The van der Waals surface area contributed by atoms with Crippen molar-refractivity contribution < 1.29 is 9.53 Å². The Hall–Kier alpha value is -1.62. The van der Waals surface area contributed by atoms with Gasteiger partial charge in [-0.1, -0.05) is 31.9 Å². The summed E-state index contributed by atoms with van der Waals surface area (Å²) in [5, 5.41) is 5.43. The molecule has 6 heteroatoms. The number of fused-ring (bicyclic) bond motifs is 1. The van der Waals surface area contributed by atoms with Crippen molar-refractivity contribution in [3.63, 3.8) is 0 Å². The second-order valence-corrected chi connectivity index (χ2v) is 5.89. The molecule has 0 spiro atoms. The summed E-state index contributed by atoms with van der Waals surface area (Å²) in [6.45, 7) is 9.03. The van der Waals surface area contributed by atoms with Crippen LogP contribution >= 0.6 is 11.6 Å². The molecule has 0 saturated carbocycles. The van der Waals surface area contributed by atoms with Crippen LogP contribution in [-0.4, -0.2) is 27.3 Å². The first-order valence-electron chi connectivity index (χ1n) is 7.68. The Morgan fingerprint density at radius 1 is 1.45 bits per heavy atom. The maximum Gasteiger partial charge on any atom is 0.341 e. The lowest BCUT2D eigenvalue weighted by Gasteiger charge is -2.10. The summed E-state index contributed by atoms with van der Waals surface area (Å²) >= 11 is 6.39. The van der Waals surface area contributed by atoms with Gasteiger partial charge in [0.1, 0.15) is 5.56 Å². The largest absolute Gasteiger partial charge is 0.462 e. The van der Waals surface area contributed by atoms with Gasteiger partial charge >= 0.3 is 5.97 Å². The molecule has 0 bridgehead atoms. The van der Waals surface area contributed by atoms with Crippen LogP contribution in [0.4, 0.5) is 0 Å². The predicted molar refractivity (Wildman–Crippen MR) is 87.3 cm³/mol. The summed E-state index contributed by atoms with van der Waals surface area (Å²) in [7, 11) is 0. The monoisotopic (exact) mass is 323 g/mol. The molecular formula is C16H22ClN3O2. The molecule has 2 aromatic rings. The van der Waals surface area contributed by atoms with Gasteiger partial charge in [-0.25, -0.2) is 14.5 Å². The lowest BCUT2D eigenvalue weighted by atomic mass is 10.1. The number of carbonyl (C=O) groups is 1. The van der Waals surface area contributed by atoms with E-state index < -0.39 is 5.97 Å². The zero-order valence-electron chi connectivity index (χ0n) is 13.5. The molecule has 2 aromatic heterocycles. The summed E-state index contributed by atoms with van der Waals surface area (Å²) in [6, 6.07) is 0. The van der Waals surface area contributed by atoms with Gasteiger partial charge in [-0.15, -0.1) is 0 Å². The number of hydrogen-bond donors (Lipinski definition) is 0. The summed E-state index contributed by atoms with van der Waals surface area (Å²) in [4.78, 5) is 16.5. The highest BCUT2D eigenvalue weighted by atomic mass is 35.5. The third-order valence-corrected chi connectivity index (χ3v) is 4.31. The van der Waals surface area contributed by atoms with E-state index >= 15 is 0 Å². The molecular weight excluding hydrogens is 302 g/mol. The number of halogens is 1. The Morgan fingerprint density at radius 3 is 2.82 bits per heavy atom. The van der Waals surface area contributed by atoms with E-state index in [1.165, 1.54) is 0 Å². The molecule has 0 saturated heterocycles. The Morgan fingerprint density at radius 2 is 2.18 bits per heavy atom. The van der Waals surface area contributed by atoms with Crippen LogP contribution in [0.1, 0.15) is 49.7 Å². The SMILES string of the molecule is CCOC(=O)c1c(C)nc2c(cnn2CCC(C)CC)c1Cl. The number of aromatic nitrogens is 3. The Bertz CT molecular complexity index is 682. The molecule has 0 N–H and O–H groups in total. The molecule has 5 nitrogen and oxygen atoms in total. The van der Waals surface area contributed by atoms with Crippen LogP contribution in [0.2, 0.25) is 5.02 Å². The van der Waals surface area contributed by atoms with Crippen molar-refractivity contribution in [1.29, 1.82) is 0 Å². The third kappa shape index (κ3) is 3.24. The maximum atomic E-state index is 12.0. The second-order valence-electron chi connectivity index (χ2n) is 5.51. The summed E-state index contributed by atoms with van der Waals surface area (Å²) < 4.78 is 6.90. The van der Waals surface area contributed by atoms with E-state index in [1.807, 2.05) is 4.68 Å².